The highest BCUT2D eigenvalue weighted by Gasteiger charge is 2.29. The minimum absolute atomic E-state index is 0.0755. The zero-order valence-corrected chi connectivity index (χ0v) is 23.8. The van der Waals surface area contributed by atoms with Crippen molar-refractivity contribution in [2.45, 2.75) is 6.17 Å². The van der Waals surface area contributed by atoms with Crippen molar-refractivity contribution in [3.63, 3.8) is 0 Å². The lowest BCUT2D eigenvalue weighted by Crippen LogP contribution is -2.34. The minimum Gasteiger partial charge on any atom is -0.367 e. The quantitative estimate of drug-likeness (QED) is 0.227. The lowest BCUT2D eigenvalue weighted by molar-refractivity contribution is 0.632. The van der Waals surface area contributed by atoms with Crippen LogP contribution in [0.25, 0.3) is 49.2 Å². The highest BCUT2D eigenvalue weighted by atomic mass is 32.1. The van der Waals surface area contributed by atoms with Crippen molar-refractivity contribution < 1.29 is 0 Å². The Morgan fingerprint density at radius 2 is 1.14 bits per heavy atom. The molecule has 0 radical (unpaired) electrons. The van der Waals surface area contributed by atoms with Crippen LogP contribution in [0.5, 0.6) is 0 Å². The van der Waals surface area contributed by atoms with E-state index < -0.39 is 0 Å². The van der Waals surface area contributed by atoms with E-state index in [0.717, 1.165) is 11.4 Å². The summed E-state index contributed by atoms with van der Waals surface area (Å²) in [5.74, 6) is 0. The van der Waals surface area contributed by atoms with Crippen LogP contribution in [0.15, 0.2) is 152 Å². The largest absolute Gasteiger partial charge is 0.367 e. The number of hydrogen-bond donors (Lipinski definition) is 1. The van der Waals surface area contributed by atoms with Crippen molar-refractivity contribution in [3.8, 4) is 22.3 Å². The minimum atomic E-state index is -0.0755. The second-order valence-electron chi connectivity index (χ2n) is 10.7. The van der Waals surface area contributed by atoms with Crippen LogP contribution in [-0.2, 0) is 0 Å². The first kappa shape index (κ1) is 24.7. The molecule has 0 aliphatic carbocycles. The summed E-state index contributed by atoms with van der Waals surface area (Å²) in [5.41, 5.74) is 8.44. The third-order valence-electron chi connectivity index (χ3n) is 8.13. The van der Waals surface area contributed by atoms with Crippen LogP contribution in [0, 0.1) is 0 Å². The standard InChI is InChI=1S/C39H28N2S/c1-3-10-27(11-4-1)29-18-20-33(21-19-29)41(34-17-9-16-30(24-34)28-12-5-2-6-13-28)39-38-35-25-31-14-7-8-15-32(31)26-37(35)42-36(38)22-23-40-39/h1-26,39-40H. The Kier molecular flexibility index (Phi) is 6.09. The molecule has 0 saturated carbocycles. The van der Waals surface area contributed by atoms with Gasteiger partial charge in [0, 0.05) is 31.9 Å². The molecule has 2 heterocycles. The summed E-state index contributed by atoms with van der Waals surface area (Å²) >= 11 is 1.87. The van der Waals surface area contributed by atoms with E-state index in [4.69, 9.17) is 0 Å². The van der Waals surface area contributed by atoms with E-state index in [-0.39, 0.29) is 6.17 Å². The number of hydrogen-bond acceptors (Lipinski definition) is 3. The molecule has 6 aromatic carbocycles. The first-order valence-corrected chi connectivity index (χ1v) is 15.1. The Hall–Kier alpha value is -5.12. The number of anilines is 2. The molecule has 3 heteroatoms. The monoisotopic (exact) mass is 556 g/mol. The molecule has 8 rings (SSSR count). The average molecular weight is 557 g/mol. The van der Waals surface area contributed by atoms with Crippen molar-refractivity contribution >= 4 is 49.6 Å². The van der Waals surface area contributed by atoms with E-state index >= 15 is 0 Å². The number of nitrogens with zero attached hydrogens (tertiary/aromatic N) is 1. The van der Waals surface area contributed by atoms with Crippen LogP contribution < -0.4 is 10.2 Å². The molecule has 1 unspecified atom stereocenters. The molecule has 0 amide bonds. The van der Waals surface area contributed by atoms with E-state index in [0.29, 0.717) is 0 Å². The van der Waals surface area contributed by atoms with Crippen LogP contribution in [0.3, 0.4) is 0 Å². The number of thiophene rings is 1. The second-order valence-corrected chi connectivity index (χ2v) is 11.8. The van der Waals surface area contributed by atoms with Gasteiger partial charge in [-0.05, 0) is 81.7 Å². The van der Waals surface area contributed by atoms with Gasteiger partial charge in [0.1, 0.15) is 6.17 Å². The molecule has 1 aliphatic heterocycles. The molecule has 1 aliphatic rings. The van der Waals surface area contributed by atoms with Gasteiger partial charge in [0.2, 0.25) is 0 Å². The molecule has 0 spiro atoms. The molecule has 42 heavy (non-hydrogen) atoms. The van der Waals surface area contributed by atoms with Gasteiger partial charge in [-0.15, -0.1) is 11.3 Å². The number of nitrogens with one attached hydrogen (secondary N) is 1. The molecule has 200 valence electrons. The van der Waals surface area contributed by atoms with E-state index in [1.54, 1.807) is 0 Å². The van der Waals surface area contributed by atoms with E-state index in [9.17, 15) is 0 Å². The van der Waals surface area contributed by atoms with Gasteiger partial charge in [0.15, 0.2) is 0 Å². The fourth-order valence-corrected chi connectivity index (χ4v) is 7.26. The Morgan fingerprint density at radius 3 is 1.88 bits per heavy atom. The summed E-state index contributed by atoms with van der Waals surface area (Å²) in [4.78, 5) is 3.75. The molecule has 0 bridgehead atoms. The predicted octanol–water partition coefficient (Wildman–Crippen LogP) is 10.8. The smallest absolute Gasteiger partial charge is 0.132 e. The van der Waals surface area contributed by atoms with Crippen LogP contribution in [0.4, 0.5) is 11.4 Å². The molecular weight excluding hydrogens is 529 g/mol. The first-order valence-electron chi connectivity index (χ1n) is 14.3. The Bertz CT molecular complexity index is 2060. The summed E-state index contributed by atoms with van der Waals surface area (Å²) in [6.07, 6.45) is 4.25. The topological polar surface area (TPSA) is 15.3 Å². The van der Waals surface area contributed by atoms with Crippen LogP contribution in [0.2, 0.25) is 0 Å². The van der Waals surface area contributed by atoms with Crippen molar-refractivity contribution in [1.29, 1.82) is 0 Å². The van der Waals surface area contributed by atoms with Crippen molar-refractivity contribution in [2.75, 3.05) is 4.90 Å². The summed E-state index contributed by atoms with van der Waals surface area (Å²) < 4.78 is 1.31. The lowest BCUT2D eigenvalue weighted by atomic mass is 9.99. The normalized spacial score (nSPS) is 14.0. The van der Waals surface area contributed by atoms with Gasteiger partial charge < -0.3 is 10.2 Å². The molecule has 7 aromatic rings. The Balaban J connectivity index is 1.31. The van der Waals surface area contributed by atoms with Gasteiger partial charge >= 0.3 is 0 Å². The lowest BCUT2D eigenvalue weighted by Gasteiger charge is -2.36. The van der Waals surface area contributed by atoms with Crippen LogP contribution in [-0.4, -0.2) is 0 Å². The molecule has 1 N–H and O–H groups in total. The maximum absolute atomic E-state index is 3.76. The van der Waals surface area contributed by atoms with Crippen molar-refractivity contribution in [3.05, 3.63) is 162 Å². The summed E-state index contributed by atoms with van der Waals surface area (Å²) in [7, 11) is 0. The van der Waals surface area contributed by atoms with Crippen LogP contribution >= 0.6 is 11.3 Å². The van der Waals surface area contributed by atoms with Crippen molar-refractivity contribution in [1.82, 2.24) is 5.32 Å². The SMILES string of the molecule is C1=Cc2sc3cc4ccccc4cc3c2C(N(c2ccc(-c3ccccc3)cc2)c2cccc(-c3ccccc3)c2)N1. The van der Waals surface area contributed by atoms with Gasteiger partial charge in [0.05, 0.1) is 0 Å². The third kappa shape index (κ3) is 4.36. The van der Waals surface area contributed by atoms with E-state index in [2.05, 4.69) is 168 Å². The molecule has 1 atom stereocenters. The molecule has 2 nitrogen and oxygen atoms in total. The second kappa shape index (κ2) is 10.4. The fourth-order valence-electron chi connectivity index (χ4n) is 6.09. The maximum Gasteiger partial charge on any atom is 0.132 e. The van der Waals surface area contributed by atoms with E-state index in [1.807, 2.05) is 11.3 Å². The zero-order chi connectivity index (χ0) is 27.9. The fraction of sp³-hybridized carbons (Fsp3) is 0.0256. The molecular formula is C39H28N2S. The van der Waals surface area contributed by atoms with Gasteiger partial charge in [-0.25, -0.2) is 0 Å². The van der Waals surface area contributed by atoms with Crippen LogP contribution in [0.1, 0.15) is 16.6 Å². The van der Waals surface area contributed by atoms with Gasteiger partial charge in [-0.3, -0.25) is 0 Å². The molecule has 0 fully saturated rings. The van der Waals surface area contributed by atoms with Gasteiger partial charge in [-0.2, -0.15) is 0 Å². The summed E-state index contributed by atoms with van der Waals surface area (Å²) in [5, 5.41) is 7.61. The first-order chi connectivity index (χ1) is 20.8. The van der Waals surface area contributed by atoms with Gasteiger partial charge in [0.25, 0.3) is 0 Å². The molecule has 0 saturated heterocycles. The predicted molar refractivity (Wildman–Crippen MR) is 180 cm³/mol. The van der Waals surface area contributed by atoms with Gasteiger partial charge in [-0.1, -0.05) is 109 Å². The summed E-state index contributed by atoms with van der Waals surface area (Å²) in [6.45, 7) is 0. The zero-order valence-electron chi connectivity index (χ0n) is 22.9. The Morgan fingerprint density at radius 1 is 0.524 bits per heavy atom. The number of benzene rings is 6. The van der Waals surface area contributed by atoms with E-state index in [1.165, 1.54) is 53.6 Å². The number of fused-ring (bicyclic) bond motifs is 4. The molecule has 1 aromatic heterocycles. The third-order valence-corrected chi connectivity index (χ3v) is 9.26. The Labute approximate surface area is 249 Å². The highest BCUT2D eigenvalue weighted by Crippen LogP contribution is 2.45. The maximum atomic E-state index is 3.76. The summed E-state index contributed by atoms with van der Waals surface area (Å²) in [6, 6.07) is 52.4. The van der Waals surface area contributed by atoms with Crippen molar-refractivity contribution in [2.24, 2.45) is 0 Å². The number of rotatable bonds is 5. The highest BCUT2D eigenvalue weighted by molar-refractivity contribution is 7.20. The average Bonchev–Trinajstić information content (AvgIpc) is 3.43.